The highest BCUT2D eigenvalue weighted by Crippen LogP contribution is 2.17. The maximum Gasteiger partial charge on any atom is 0.0795 e. The lowest BCUT2D eigenvalue weighted by atomic mass is 10.1. The van der Waals surface area contributed by atoms with Gasteiger partial charge in [0.25, 0.3) is 0 Å². The maximum absolute atomic E-state index is 4.27. The van der Waals surface area contributed by atoms with E-state index in [-0.39, 0.29) is 0 Å². The van der Waals surface area contributed by atoms with Crippen LogP contribution >= 0.6 is 11.3 Å². The van der Waals surface area contributed by atoms with Gasteiger partial charge in [-0.3, -0.25) is 0 Å². The highest BCUT2D eigenvalue weighted by Gasteiger charge is 2.09. The highest BCUT2D eigenvalue weighted by molar-refractivity contribution is 7.07. The molecule has 1 unspecified atom stereocenters. The van der Waals surface area contributed by atoms with Gasteiger partial charge in [0.05, 0.1) is 17.2 Å². The molecule has 0 aliphatic heterocycles. The molecule has 0 saturated heterocycles. The SMILES string of the molecule is CC#CCCC(NC)c1cscn1. The molecule has 1 atom stereocenters. The van der Waals surface area contributed by atoms with Crippen molar-refractivity contribution in [3.8, 4) is 11.8 Å². The van der Waals surface area contributed by atoms with Crippen molar-refractivity contribution >= 4 is 11.3 Å². The van der Waals surface area contributed by atoms with Crippen LogP contribution < -0.4 is 5.32 Å². The van der Waals surface area contributed by atoms with Crippen molar-refractivity contribution in [3.05, 3.63) is 16.6 Å². The van der Waals surface area contributed by atoms with Crippen LogP contribution in [0.5, 0.6) is 0 Å². The van der Waals surface area contributed by atoms with E-state index in [0.29, 0.717) is 6.04 Å². The molecular formula is C10H14N2S. The molecule has 0 radical (unpaired) electrons. The van der Waals surface area contributed by atoms with Gasteiger partial charge in [0.15, 0.2) is 0 Å². The Labute approximate surface area is 83.4 Å². The summed E-state index contributed by atoms with van der Waals surface area (Å²) in [5, 5.41) is 5.32. The van der Waals surface area contributed by atoms with Crippen molar-refractivity contribution in [2.45, 2.75) is 25.8 Å². The molecule has 1 aromatic rings. The number of rotatable bonds is 4. The Hall–Kier alpha value is -0.850. The van der Waals surface area contributed by atoms with Crippen LogP contribution in [0.4, 0.5) is 0 Å². The third-order valence-corrected chi connectivity index (χ3v) is 2.50. The minimum absolute atomic E-state index is 0.354. The molecule has 2 nitrogen and oxygen atoms in total. The Balaban J connectivity index is 2.47. The van der Waals surface area contributed by atoms with E-state index in [1.54, 1.807) is 11.3 Å². The maximum atomic E-state index is 4.27. The van der Waals surface area contributed by atoms with Crippen LogP contribution in [-0.4, -0.2) is 12.0 Å². The Morgan fingerprint density at radius 2 is 2.54 bits per heavy atom. The number of hydrogen-bond acceptors (Lipinski definition) is 3. The predicted molar refractivity (Wildman–Crippen MR) is 56.6 cm³/mol. The Morgan fingerprint density at radius 3 is 3.08 bits per heavy atom. The van der Waals surface area contributed by atoms with Crippen molar-refractivity contribution in [2.24, 2.45) is 0 Å². The zero-order chi connectivity index (χ0) is 9.52. The molecule has 0 bridgehead atoms. The van der Waals surface area contributed by atoms with Crippen LogP contribution in [0.25, 0.3) is 0 Å². The van der Waals surface area contributed by atoms with Gasteiger partial charge in [0.2, 0.25) is 0 Å². The molecule has 0 saturated carbocycles. The van der Waals surface area contributed by atoms with Crippen LogP contribution in [0.2, 0.25) is 0 Å². The summed E-state index contributed by atoms with van der Waals surface area (Å²) >= 11 is 1.64. The molecule has 0 aliphatic carbocycles. The van der Waals surface area contributed by atoms with Gasteiger partial charge in [0.1, 0.15) is 0 Å². The number of nitrogens with zero attached hydrogens (tertiary/aromatic N) is 1. The number of nitrogens with one attached hydrogen (secondary N) is 1. The second-order valence-corrected chi connectivity index (χ2v) is 3.44. The summed E-state index contributed by atoms with van der Waals surface area (Å²) in [6.07, 6.45) is 1.96. The average molecular weight is 194 g/mol. The third-order valence-electron chi connectivity index (χ3n) is 1.89. The second kappa shape index (κ2) is 5.74. The molecule has 0 aliphatic rings. The van der Waals surface area contributed by atoms with E-state index < -0.39 is 0 Å². The minimum atomic E-state index is 0.354. The first-order valence-corrected chi connectivity index (χ1v) is 5.27. The molecule has 13 heavy (non-hydrogen) atoms. The number of aromatic nitrogens is 1. The van der Waals surface area contributed by atoms with Crippen LogP contribution in [0.3, 0.4) is 0 Å². The summed E-state index contributed by atoms with van der Waals surface area (Å²) in [6.45, 7) is 1.87. The van der Waals surface area contributed by atoms with Crippen molar-refractivity contribution in [1.82, 2.24) is 10.3 Å². The highest BCUT2D eigenvalue weighted by atomic mass is 32.1. The smallest absolute Gasteiger partial charge is 0.0795 e. The lowest BCUT2D eigenvalue weighted by molar-refractivity contribution is 0.547. The van der Waals surface area contributed by atoms with Gasteiger partial charge in [-0.2, -0.15) is 0 Å². The summed E-state index contributed by atoms with van der Waals surface area (Å²) in [4.78, 5) is 4.27. The van der Waals surface area contributed by atoms with Crippen molar-refractivity contribution in [2.75, 3.05) is 7.05 Å². The van der Waals surface area contributed by atoms with E-state index in [4.69, 9.17) is 0 Å². The van der Waals surface area contributed by atoms with Gasteiger partial charge in [-0.1, -0.05) is 0 Å². The van der Waals surface area contributed by atoms with E-state index in [1.807, 2.05) is 19.5 Å². The molecule has 0 amide bonds. The van der Waals surface area contributed by atoms with Crippen molar-refractivity contribution in [3.63, 3.8) is 0 Å². The first kappa shape index (κ1) is 10.2. The summed E-state index contributed by atoms with van der Waals surface area (Å²) < 4.78 is 0. The van der Waals surface area contributed by atoms with Gasteiger partial charge >= 0.3 is 0 Å². The molecule has 1 aromatic heterocycles. The molecule has 3 heteroatoms. The molecule has 0 spiro atoms. The van der Waals surface area contributed by atoms with E-state index in [0.717, 1.165) is 18.5 Å². The monoisotopic (exact) mass is 194 g/mol. The fraction of sp³-hybridized carbons (Fsp3) is 0.500. The van der Waals surface area contributed by atoms with Gasteiger partial charge in [-0.15, -0.1) is 23.2 Å². The number of hydrogen-bond donors (Lipinski definition) is 1. The standard InChI is InChI=1S/C10H14N2S/c1-3-4-5-6-9(11-2)10-7-13-8-12-10/h7-9,11H,5-6H2,1-2H3. The number of thiazole rings is 1. The van der Waals surface area contributed by atoms with E-state index >= 15 is 0 Å². The van der Waals surface area contributed by atoms with E-state index in [9.17, 15) is 0 Å². The largest absolute Gasteiger partial charge is 0.312 e. The van der Waals surface area contributed by atoms with Gasteiger partial charge in [-0.25, -0.2) is 4.98 Å². The van der Waals surface area contributed by atoms with Crippen molar-refractivity contribution < 1.29 is 0 Å². The Bertz CT molecular complexity index is 282. The first-order chi connectivity index (χ1) is 6.38. The second-order valence-electron chi connectivity index (χ2n) is 2.72. The van der Waals surface area contributed by atoms with Gasteiger partial charge in [0, 0.05) is 11.8 Å². The topological polar surface area (TPSA) is 24.9 Å². The molecule has 0 fully saturated rings. The van der Waals surface area contributed by atoms with Crippen LogP contribution in [-0.2, 0) is 0 Å². The van der Waals surface area contributed by atoms with Crippen LogP contribution in [0.1, 0.15) is 31.5 Å². The summed E-state index contributed by atoms with van der Waals surface area (Å²) in [6, 6.07) is 0.354. The fourth-order valence-electron chi connectivity index (χ4n) is 1.18. The van der Waals surface area contributed by atoms with E-state index in [2.05, 4.69) is 27.5 Å². The zero-order valence-electron chi connectivity index (χ0n) is 8.00. The Kier molecular flexibility index (Phi) is 4.52. The predicted octanol–water partition coefficient (Wildman–Crippen LogP) is 2.21. The quantitative estimate of drug-likeness (QED) is 0.743. The van der Waals surface area contributed by atoms with Crippen LogP contribution in [0.15, 0.2) is 10.9 Å². The lowest BCUT2D eigenvalue weighted by Gasteiger charge is -2.11. The van der Waals surface area contributed by atoms with E-state index in [1.165, 1.54) is 0 Å². The molecule has 1 rings (SSSR count). The fourth-order valence-corrected chi connectivity index (χ4v) is 1.78. The van der Waals surface area contributed by atoms with Crippen molar-refractivity contribution in [1.29, 1.82) is 0 Å². The first-order valence-electron chi connectivity index (χ1n) is 4.33. The van der Waals surface area contributed by atoms with Gasteiger partial charge < -0.3 is 5.32 Å². The molecule has 70 valence electrons. The minimum Gasteiger partial charge on any atom is -0.312 e. The molecular weight excluding hydrogens is 180 g/mol. The van der Waals surface area contributed by atoms with Crippen LogP contribution in [0, 0.1) is 11.8 Å². The molecule has 1 heterocycles. The average Bonchev–Trinajstić information content (AvgIpc) is 2.65. The molecule has 1 N–H and O–H groups in total. The Morgan fingerprint density at radius 1 is 1.69 bits per heavy atom. The summed E-state index contributed by atoms with van der Waals surface area (Å²) in [5.41, 5.74) is 3.00. The summed E-state index contributed by atoms with van der Waals surface area (Å²) in [5.74, 6) is 5.96. The summed E-state index contributed by atoms with van der Waals surface area (Å²) in [7, 11) is 1.96. The normalized spacial score (nSPS) is 11.8. The van der Waals surface area contributed by atoms with Gasteiger partial charge in [-0.05, 0) is 20.4 Å². The molecule has 0 aromatic carbocycles. The zero-order valence-corrected chi connectivity index (χ0v) is 8.82. The third kappa shape index (κ3) is 3.17. The lowest BCUT2D eigenvalue weighted by Crippen LogP contribution is -2.16.